The molecule has 0 bridgehead atoms. The van der Waals surface area contributed by atoms with Crippen molar-refractivity contribution in [3.05, 3.63) is 34.6 Å². The van der Waals surface area contributed by atoms with Crippen molar-refractivity contribution in [2.75, 3.05) is 0 Å². The molecule has 2 nitrogen and oxygen atoms in total. The lowest BCUT2D eigenvalue weighted by atomic mass is 10.0. The van der Waals surface area contributed by atoms with Gasteiger partial charge in [0.25, 0.3) is 5.24 Å². The summed E-state index contributed by atoms with van der Waals surface area (Å²) in [5, 5.41) is 7.28. The molecule has 0 heterocycles. The number of alkyl halides is 3. The van der Waals surface area contributed by atoms with E-state index in [9.17, 15) is 22.4 Å². The summed E-state index contributed by atoms with van der Waals surface area (Å²) in [7, 11) is 0. The van der Waals surface area contributed by atoms with Gasteiger partial charge in [-0.05, 0) is 23.7 Å². The summed E-state index contributed by atoms with van der Waals surface area (Å²) in [6.45, 7) is 0. The van der Waals surface area contributed by atoms with Gasteiger partial charge in [-0.2, -0.15) is 18.4 Å². The van der Waals surface area contributed by atoms with Gasteiger partial charge in [-0.15, -0.1) is 0 Å². The molecule has 0 aromatic heterocycles. The molecule has 1 aromatic rings. The van der Waals surface area contributed by atoms with Crippen LogP contribution in [0.5, 0.6) is 0 Å². The van der Waals surface area contributed by atoms with Crippen LogP contribution in [0.2, 0.25) is 0 Å². The molecule has 0 unspecified atom stereocenters. The second-order valence-corrected chi connectivity index (χ2v) is 3.08. The Labute approximate surface area is 92.0 Å². The number of hydrogen-bond acceptors (Lipinski definition) is 2. The largest absolute Gasteiger partial charge is 0.419 e. The predicted molar refractivity (Wildman–Crippen MR) is 46.3 cm³/mol. The Morgan fingerprint density at radius 3 is 2.31 bits per heavy atom. The summed E-state index contributed by atoms with van der Waals surface area (Å²) in [5.74, 6) is -1.79. The van der Waals surface area contributed by atoms with Crippen molar-refractivity contribution in [2.24, 2.45) is 0 Å². The van der Waals surface area contributed by atoms with Crippen molar-refractivity contribution in [1.29, 1.82) is 5.26 Å². The maximum atomic E-state index is 13.2. The molecular formula is C9H2ClF4NO. The minimum atomic E-state index is -4.93. The fourth-order valence-corrected chi connectivity index (χ4v) is 1.23. The zero-order chi connectivity index (χ0) is 12.5. The maximum Gasteiger partial charge on any atom is 0.419 e. The molecule has 1 aromatic carbocycles. The van der Waals surface area contributed by atoms with Gasteiger partial charge in [0.05, 0.1) is 11.1 Å². The average Bonchev–Trinajstić information content (AvgIpc) is 2.14. The molecule has 0 atom stereocenters. The normalized spacial score (nSPS) is 11.0. The van der Waals surface area contributed by atoms with E-state index < -0.39 is 33.9 Å². The Bertz CT molecular complexity index is 490. The Hall–Kier alpha value is -1.61. The Morgan fingerprint density at radius 2 is 1.94 bits per heavy atom. The van der Waals surface area contributed by atoms with Crippen molar-refractivity contribution < 1.29 is 22.4 Å². The summed E-state index contributed by atoms with van der Waals surface area (Å²) in [6.07, 6.45) is -4.93. The maximum absolute atomic E-state index is 13.2. The topological polar surface area (TPSA) is 40.9 Å². The Morgan fingerprint density at radius 1 is 1.38 bits per heavy atom. The van der Waals surface area contributed by atoms with E-state index in [1.807, 2.05) is 0 Å². The van der Waals surface area contributed by atoms with E-state index in [0.29, 0.717) is 12.1 Å². The highest BCUT2D eigenvalue weighted by atomic mass is 35.5. The third kappa shape index (κ3) is 2.14. The monoisotopic (exact) mass is 251 g/mol. The zero-order valence-corrected chi connectivity index (χ0v) is 8.16. The highest BCUT2D eigenvalue weighted by Gasteiger charge is 2.36. The molecule has 0 saturated heterocycles. The molecule has 0 fully saturated rings. The molecule has 0 aliphatic carbocycles. The molecule has 0 saturated carbocycles. The molecule has 1 rings (SSSR count). The van der Waals surface area contributed by atoms with Crippen LogP contribution in [-0.4, -0.2) is 5.24 Å². The van der Waals surface area contributed by atoms with Crippen LogP contribution in [0, 0.1) is 17.1 Å². The number of carbonyl (C=O) groups is 1. The number of halogens is 5. The van der Waals surface area contributed by atoms with Crippen LogP contribution in [0.1, 0.15) is 21.5 Å². The summed E-state index contributed by atoms with van der Waals surface area (Å²) in [5.41, 5.74) is -3.20. The number of nitriles is 1. The van der Waals surface area contributed by atoms with Crippen molar-refractivity contribution in [3.8, 4) is 6.07 Å². The van der Waals surface area contributed by atoms with E-state index in [-0.39, 0.29) is 0 Å². The first kappa shape index (κ1) is 12.5. The Kier molecular flexibility index (Phi) is 3.19. The standard InChI is InChI=1S/C9H2ClF4NO/c10-8(16)4-1-2-6(9(12,13)14)7(11)5(4)3-15/h1-2H. The molecule has 0 aliphatic heterocycles. The first-order chi connectivity index (χ1) is 7.29. The smallest absolute Gasteiger partial charge is 0.276 e. The van der Waals surface area contributed by atoms with Crippen LogP contribution >= 0.6 is 11.6 Å². The van der Waals surface area contributed by atoms with E-state index in [1.165, 1.54) is 6.07 Å². The lowest BCUT2D eigenvalue weighted by Crippen LogP contribution is -2.11. The fourth-order valence-electron chi connectivity index (χ4n) is 1.07. The number of hydrogen-bond donors (Lipinski definition) is 0. The van der Waals surface area contributed by atoms with Gasteiger partial charge in [-0.3, -0.25) is 4.79 Å². The van der Waals surface area contributed by atoms with Gasteiger partial charge in [-0.1, -0.05) is 0 Å². The summed E-state index contributed by atoms with van der Waals surface area (Å²) in [4.78, 5) is 10.7. The molecule has 7 heteroatoms. The van der Waals surface area contributed by atoms with Gasteiger partial charge < -0.3 is 0 Å². The van der Waals surface area contributed by atoms with Crippen molar-refractivity contribution >= 4 is 16.8 Å². The molecule has 84 valence electrons. The van der Waals surface area contributed by atoms with Crippen molar-refractivity contribution in [3.63, 3.8) is 0 Å². The summed E-state index contributed by atoms with van der Waals surface area (Å²) < 4.78 is 49.9. The molecule has 0 N–H and O–H groups in total. The first-order valence-electron chi connectivity index (χ1n) is 3.78. The SMILES string of the molecule is N#Cc1c(C(=O)Cl)ccc(C(F)(F)F)c1F. The minimum Gasteiger partial charge on any atom is -0.276 e. The lowest BCUT2D eigenvalue weighted by Gasteiger charge is -2.09. The van der Waals surface area contributed by atoms with E-state index in [0.717, 1.165) is 0 Å². The van der Waals surface area contributed by atoms with Gasteiger partial charge in [0.2, 0.25) is 0 Å². The quantitative estimate of drug-likeness (QED) is 0.568. The van der Waals surface area contributed by atoms with Gasteiger partial charge >= 0.3 is 6.18 Å². The molecule has 0 spiro atoms. The van der Waals surface area contributed by atoms with E-state index >= 15 is 0 Å². The number of carbonyl (C=O) groups excluding carboxylic acids is 1. The van der Waals surface area contributed by atoms with Crippen LogP contribution in [-0.2, 0) is 6.18 Å². The summed E-state index contributed by atoms with van der Waals surface area (Å²) >= 11 is 4.99. The van der Waals surface area contributed by atoms with Gasteiger partial charge in [0.1, 0.15) is 11.6 Å². The highest BCUT2D eigenvalue weighted by Crippen LogP contribution is 2.33. The van der Waals surface area contributed by atoms with Crippen molar-refractivity contribution in [1.82, 2.24) is 0 Å². The number of benzene rings is 1. The lowest BCUT2D eigenvalue weighted by molar-refractivity contribution is -0.140. The van der Waals surface area contributed by atoms with Crippen molar-refractivity contribution in [2.45, 2.75) is 6.18 Å². The highest BCUT2D eigenvalue weighted by molar-refractivity contribution is 6.68. The molecule has 0 radical (unpaired) electrons. The third-order valence-electron chi connectivity index (χ3n) is 1.77. The fraction of sp³-hybridized carbons (Fsp3) is 0.111. The van der Waals surface area contributed by atoms with Crippen LogP contribution in [0.4, 0.5) is 17.6 Å². The number of nitrogens with zero attached hydrogens (tertiary/aromatic N) is 1. The molecule has 16 heavy (non-hydrogen) atoms. The van der Waals surface area contributed by atoms with Gasteiger partial charge in [0.15, 0.2) is 5.82 Å². The molecule has 0 amide bonds. The third-order valence-corrected chi connectivity index (χ3v) is 1.97. The summed E-state index contributed by atoms with van der Waals surface area (Å²) in [6, 6.07) is 2.21. The minimum absolute atomic E-state index is 0.367. The van der Waals surface area contributed by atoms with Gasteiger partial charge in [-0.25, -0.2) is 4.39 Å². The second-order valence-electron chi connectivity index (χ2n) is 2.73. The number of rotatable bonds is 1. The predicted octanol–water partition coefficient (Wildman–Crippen LogP) is 3.10. The van der Waals surface area contributed by atoms with E-state index in [4.69, 9.17) is 16.9 Å². The van der Waals surface area contributed by atoms with E-state index in [1.54, 1.807) is 0 Å². The Balaban J connectivity index is 3.55. The van der Waals surface area contributed by atoms with E-state index in [2.05, 4.69) is 0 Å². The molecule has 0 aliphatic rings. The van der Waals surface area contributed by atoms with Crippen LogP contribution in [0.3, 0.4) is 0 Å². The zero-order valence-electron chi connectivity index (χ0n) is 7.40. The van der Waals surface area contributed by atoms with Gasteiger partial charge in [0, 0.05) is 0 Å². The van der Waals surface area contributed by atoms with Crippen LogP contribution in [0.25, 0.3) is 0 Å². The first-order valence-corrected chi connectivity index (χ1v) is 4.16. The van der Waals surface area contributed by atoms with Crippen LogP contribution < -0.4 is 0 Å². The van der Waals surface area contributed by atoms with Crippen LogP contribution in [0.15, 0.2) is 12.1 Å². The second kappa shape index (κ2) is 4.10. The average molecular weight is 252 g/mol. The molecular weight excluding hydrogens is 250 g/mol.